The smallest absolute Gasteiger partial charge is 0.234 e. The van der Waals surface area contributed by atoms with E-state index >= 15 is 0 Å². The van der Waals surface area contributed by atoms with Gasteiger partial charge in [0, 0.05) is 6.04 Å². The number of nitrogens with zero attached hydrogens (tertiary/aromatic N) is 1. The fourth-order valence-electron chi connectivity index (χ4n) is 2.43. The van der Waals surface area contributed by atoms with Crippen molar-refractivity contribution in [1.29, 1.82) is 0 Å². The molecule has 2 fully saturated rings. The highest BCUT2D eigenvalue weighted by Crippen LogP contribution is 2.53. The molecule has 1 N–H and O–H groups in total. The van der Waals surface area contributed by atoms with Gasteiger partial charge in [0.25, 0.3) is 0 Å². The SMILES string of the molecule is CC(C)NC(=O)CN1CCC2(CC1)CC2. The normalized spacial score (nSPS) is 24.5. The van der Waals surface area contributed by atoms with Crippen molar-refractivity contribution in [2.45, 2.75) is 45.6 Å². The maximum absolute atomic E-state index is 11.5. The molecule has 0 unspecified atom stereocenters. The van der Waals surface area contributed by atoms with E-state index in [1.54, 1.807) is 0 Å². The monoisotopic (exact) mass is 210 g/mol. The van der Waals surface area contributed by atoms with Gasteiger partial charge < -0.3 is 5.32 Å². The van der Waals surface area contributed by atoms with Gasteiger partial charge in [-0.25, -0.2) is 0 Å². The van der Waals surface area contributed by atoms with Crippen LogP contribution in [0.1, 0.15) is 39.5 Å². The topological polar surface area (TPSA) is 32.3 Å². The molecule has 2 aliphatic rings. The lowest BCUT2D eigenvalue weighted by molar-refractivity contribution is -0.123. The molecular weight excluding hydrogens is 188 g/mol. The summed E-state index contributed by atoms with van der Waals surface area (Å²) in [5.74, 6) is 0.178. The summed E-state index contributed by atoms with van der Waals surface area (Å²) in [5, 5.41) is 2.95. The Morgan fingerprint density at radius 1 is 1.27 bits per heavy atom. The van der Waals surface area contributed by atoms with E-state index in [9.17, 15) is 4.79 Å². The van der Waals surface area contributed by atoms with Gasteiger partial charge in [-0.2, -0.15) is 0 Å². The number of nitrogens with one attached hydrogen (secondary N) is 1. The van der Waals surface area contributed by atoms with E-state index in [1.807, 2.05) is 13.8 Å². The van der Waals surface area contributed by atoms with Crippen LogP contribution in [0, 0.1) is 5.41 Å². The highest BCUT2D eigenvalue weighted by atomic mass is 16.2. The summed E-state index contributed by atoms with van der Waals surface area (Å²) in [6, 6.07) is 0.261. The Kier molecular flexibility index (Phi) is 3.01. The summed E-state index contributed by atoms with van der Waals surface area (Å²) < 4.78 is 0. The van der Waals surface area contributed by atoms with Gasteiger partial charge in [-0.1, -0.05) is 0 Å². The van der Waals surface area contributed by atoms with Crippen molar-refractivity contribution in [3.8, 4) is 0 Å². The highest BCUT2D eigenvalue weighted by Gasteiger charge is 2.44. The fourth-order valence-corrected chi connectivity index (χ4v) is 2.43. The van der Waals surface area contributed by atoms with Gasteiger partial charge in [0.2, 0.25) is 5.91 Å². The molecule has 1 aliphatic heterocycles. The zero-order valence-corrected chi connectivity index (χ0v) is 9.88. The Balaban J connectivity index is 1.69. The number of carbonyl (C=O) groups excluding carboxylic acids is 1. The third-order valence-electron chi connectivity index (χ3n) is 3.69. The van der Waals surface area contributed by atoms with Crippen LogP contribution in [-0.4, -0.2) is 36.5 Å². The Hall–Kier alpha value is -0.570. The lowest BCUT2D eigenvalue weighted by Crippen LogP contribution is -2.43. The molecule has 15 heavy (non-hydrogen) atoms. The van der Waals surface area contributed by atoms with E-state index < -0.39 is 0 Å². The molecule has 1 saturated heterocycles. The first-order chi connectivity index (χ1) is 7.10. The molecule has 1 saturated carbocycles. The molecule has 2 rings (SSSR count). The minimum Gasteiger partial charge on any atom is -0.353 e. The molecule has 0 aromatic rings. The molecule has 0 aromatic carbocycles. The standard InChI is InChI=1S/C12H22N2O/c1-10(2)13-11(15)9-14-7-5-12(3-4-12)6-8-14/h10H,3-9H2,1-2H3,(H,13,15). The van der Waals surface area contributed by atoms with Crippen LogP contribution in [-0.2, 0) is 4.79 Å². The van der Waals surface area contributed by atoms with E-state index in [-0.39, 0.29) is 11.9 Å². The van der Waals surface area contributed by atoms with E-state index in [2.05, 4.69) is 10.2 Å². The van der Waals surface area contributed by atoms with E-state index in [0.29, 0.717) is 12.0 Å². The van der Waals surface area contributed by atoms with Crippen molar-refractivity contribution >= 4 is 5.91 Å². The Bertz CT molecular complexity index is 236. The van der Waals surface area contributed by atoms with E-state index in [4.69, 9.17) is 0 Å². The number of hydrogen-bond acceptors (Lipinski definition) is 2. The van der Waals surface area contributed by atoms with Gasteiger partial charge in [-0.15, -0.1) is 0 Å². The van der Waals surface area contributed by atoms with Crippen LogP contribution >= 0.6 is 0 Å². The molecule has 86 valence electrons. The molecule has 0 aromatic heterocycles. The largest absolute Gasteiger partial charge is 0.353 e. The van der Waals surface area contributed by atoms with Crippen LogP contribution < -0.4 is 5.32 Å². The minimum atomic E-state index is 0.178. The number of hydrogen-bond donors (Lipinski definition) is 1. The number of carbonyl (C=O) groups is 1. The summed E-state index contributed by atoms with van der Waals surface area (Å²) >= 11 is 0. The van der Waals surface area contributed by atoms with Gasteiger partial charge >= 0.3 is 0 Å². The van der Waals surface area contributed by atoms with Gasteiger partial charge in [0.1, 0.15) is 0 Å². The Labute approximate surface area is 92.2 Å². The fraction of sp³-hybridized carbons (Fsp3) is 0.917. The van der Waals surface area contributed by atoms with Gasteiger partial charge in [-0.3, -0.25) is 9.69 Å². The van der Waals surface area contributed by atoms with Gasteiger partial charge in [-0.05, 0) is 58.0 Å². The van der Waals surface area contributed by atoms with Crippen LogP contribution in [0.25, 0.3) is 0 Å². The number of piperidine rings is 1. The first-order valence-corrected chi connectivity index (χ1v) is 6.11. The van der Waals surface area contributed by atoms with Gasteiger partial charge in [0.15, 0.2) is 0 Å². The molecule has 1 aliphatic carbocycles. The average molecular weight is 210 g/mol. The van der Waals surface area contributed by atoms with Crippen molar-refractivity contribution in [2.75, 3.05) is 19.6 Å². The molecule has 1 heterocycles. The number of likely N-dealkylation sites (tertiary alicyclic amines) is 1. The summed E-state index contributed by atoms with van der Waals surface area (Å²) in [6.45, 7) is 6.84. The second-order valence-electron chi connectivity index (χ2n) is 5.50. The third kappa shape index (κ3) is 2.94. The zero-order chi connectivity index (χ0) is 10.9. The lowest BCUT2D eigenvalue weighted by atomic mass is 9.94. The summed E-state index contributed by atoms with van der Waals surface area (Å²) in [5.41, 5.74) is 0.713. The predicted octanol–water partition coefficient (Wildman–Crippen LogP) is 1.39. The zero-order valence-electron chi connectivity index (χ0n) is 9.88. The molecule has 3 nitrogen and oxygen atoms in total. The first kappa shape index (κ1) is 10.9. The molecule has 0 radical (unpaired) electrons. The molecular formula is C12H22N2O. The van der Waals surface area contributed by atoms with Crippen LogP contribution in [0.15, 0.2) is 0 Å². The molecule has 1 spiro atoms. The van der Waals surface area contributed by atoms with Crippen LogP contribution in [0.4, 0.5) is 0 Å². The van der Waals surface area contributed by atoms with E-state index in [1.165, 1.54) is 25.7 Å². The minimum absolute atomic E-state index is 0.178. The van der Waals surface area contributed by atoms with Crippen LogP contribution in [0.3, 0.4) is 0 Å². The maximum Gasteiger partial charge on any atom is 0.234 e. The Morgan fingerprint density at radius 2 is 1.87 bits per heavy atom. The molecule has 0 bridgehead atoms. The summed E-state index contributed by atoms with van der Waals surface area (Å²) in [4.78, 5) is 13.8. The first-order valence-electron chi connectivity index (χ1n) is 6.11. The maximum atomic E-state index is 11.5. The molecule has 0 atom stereocenters. The average Bonchev–Trinajstić information content (AvgIpc) is 2.89. The van der Waals surface area contributed by atoms with Crippen molar-refractivity contribution in [1.82, 2.24) is 10.2 Å². The lowest BCUT2D eigenvalue weighted by Gasteiger charge is -2.31. The van der Waals surface area contributed by atoms with Crippen LogP contribution in [0.2, 0.25) is 0 Å². The van der Waals surface area contributed by atoms with Crippen molar-refractivity contribution in [3.63, 3.8) is 0 Å². The van der Waals surface area contributed by atoms with Gasteiger partial charge in [0.05, 0.1) is 6.54 Å². The summed E-state index contributed by atoms with van der Waals surface area (Å²) in [6.07, 6.45) is 5.47. The molecule has 1 amide bonds. The number of rotatable bonds is 3. The predicted molar refractivity (Wildman–Crippen MR) is 60.6 cm³/mol. The van der Waals surface area contributed by atoms with Crippen molar-refractivity contribution < 1.29 is 4.79 Å². The highest BCUT2D eigenvalue weighted by molar-refractivity contribution is 5.78. The molecule has 3 heteroatoms. The quantitative estimate of drug-likeness (QED) is 0.763. The summed E-state index contributed by atoms with van der Waals surface area (Å²) in [7, 11) is 0. The second kappa shape index (κ2) is 4.12. The van der Waals surface area contributed by atoms with Crippen molar-refractivity contribution in [2.24, 2.45) is 5.41 Å². The number of amides is 1. The van der Waals surface area contributed by atoms with Crippen LogP contribution in [0.5, 0.6) is 0 Å². The third-order valence-corrected chi connectivity index (χ3v) is 3.69. The Morgan fingerprint density at radius 3 is 2.33 bits per heavy atom. The second-order valence-corrected chi connectivity index (χ2v) is 5.50. The van der Waals surface area contributed by atoms with Crippen molar-refractivity contribution in [3.05, 3.63) is 0 Å². The van der Waals surface area contributed by atoms with E-state index in [0.717, 1.165) is 13.1 Å².